The number of sulfonamides is 1. The van der Waals surface area contributed by atoms with Gasteiger partial charge in [-0.05, 0) is 30.9 Å². The lowest BCUT2D eigenvalue weighted by molar-refractivity contribution is -0.275. The van der Waals surface area contributed by atoms with Gasteiger partial charge in [0.1, 0.15) is 10.6 Å². The minimum Gasteiger partial charge on any atom is -0.404 e. The highest BCUT2D eigenvalue weighted by atomic mass is 35.5. The number of ether oxygens (including phenoxy) is 1. The average Bonchev–Trinajstić information content (AvgIpc) is 2.48. The van der Waals surface area contributed by atoms with Crippen LogP contribution in [-0.4, -0.2) is 26.9 Å². The molecular weight excluding hydrogens is 381 g/mol. The van der Waals surface area contributed by atoms with Gasteiger partial charge in [-0.25, -0.2) is 13.1 Å². The van der Waals surface area contributed by atoms with E-state index in [1.54, 1.807) is 0 Å². The number of para-hydroxylation sites is 1. The van der Waals surface area contributed by atoms with Gasteiger partial charge in [0.05, 0.1) is 0 Å². The molecule has 1 aliphatic rings. The molecule has 1 saturated carbocycles. The van der Waals surface area contributed by atoms with Gasteiger partial charge in [-0.3, -0.25) is 0 Å². The Morgan fingerprint density at radius 3 is 2.52 bits per heavy atom. The maximum Gasteiger partial charge on any atom is 0.573 e. The van der Waals surface area contributed by atoms with Crippen molar-refractivity contribution in [3.05, 3.63) is 24.3 Å². The van der Waals surface area contributed by atoms with E-state index in [0.717, 1.165) is 31.4 Å². The molecule has 0 saturated heterocycles. The van der Waals surface area contributed by atoms with Crippen LogP contribution in [0.15, 0.2) is 29.2 Å². The number of benzene rings is 1. The summed E-state index contributed by atoms with van der Waals surface area (Å²) < 4.78 is 69.4. The van der Waals surface area contributed by atoms with Crippen molar-refractivity contribution < 1.29 is 26.3 Å². The van der Waals surface area contributed by atoms with Crippen LogP contribution in [0.2, 0.25) is 0 Å². The highest BCUT2D eigenvalue weighted by molar-refractivity contribution is 7.89. The Hall–Kier alpha value is -1.03. The summed E-state index contributed by atoms with van der Waals surface area (Å²) in [6, 6.07) is 4.68. The van der Waals surface area contributed by atoms with Crippen molar-refractivity contribution in [3.8, 4) is 5.75 Å². The molecule has 2 atom stereocenters. The van der Waals surface area contributed by atoms with Gasteiger partial charge in [-0.2, -0.15) is 0 Å². The van der Waals surface area contributed by atoms with E-state index in [9.17, 15) is 21.6 Å². The Kier molecular flexibility index (Phi) is 7.14. The maximum absolute atomic E-state index is 12.7. The van der Waals surface area contributed by atoms with Crippen molar-refractivity contribution in [1.82, 2.24) is 4.72 Å². The maximum atomic E-state index is 12.7. The molecule has 1 aliphatic carbocycles. The zero-order valence-electron chi connectivity index (χ0n) is 13.7. The Bertz CT molecular complexity index is 685. The number of hydrogen-bond acceptors (Lipinski definition) is 4. The largest absolute Gasteiger partial charge is 0.573 e. The van der Waals surface area contributed by atoms with Crippen molar-refractivity contribution in [3.63, 3.8) is 0 Å². The molecular formula is C15H22ClF3N2O3S. The summed E-state index contributed by atoms with van der Waals surface area (Å²) in [6.07, 6.45) is -1.84. The van der Waals surface area contributed by atoms with E-state index >= 15 is 0 Å². The molecule has 1 fully saturated rings. The Balaban J connectivity index is 0.00000312. The molecule has 0 bridgehead atoms. The van der Waals surface area contributed by atoms with Gasteiger partial charge in [-0.15, -0.1) is 25.6 Å². The molecule has 0 heterocycles. The number of nitrogens with two attached hydrogens (primary N) is 1. The Morgan fingerprint density at radius 1 is 1.32 bits per heavy atom. The molecule has 0 amide bonds. The highest BCUT2D eigenvalue weighted by Gasteiger charge is 2.42. The number of hydrogen-bond donors (Lipinski definition) is 2. The molecule has 10 heteroatoms. The second-order valence-electron chi connectivity index (χ2n) is 6.11. The van der Waals surface area contributed by atoms with Crippen LogP contribution < -0.4 is 15.2 Å². The lowest BCUT2D eigenvalue weighted by atomic mass is 9.74. The van der Waals surface area contributed by atoms with Crippen LogP contribution in [0.3, 0.4) is 0 Å². The predicted octanol–water partition coefficient (Wildman–Crippen LogP) is 3.19. The van der Waals surface area contributed by atoms with Crippen LogP contribution in [0.25, 0.3) is 0 Å². The smallest absolute Gasteiger partial charge is 0.404 e. The predicted molar refractivity (Wildman–Crippen MR) is 90.1 cm³/mol. The molecule has 3 N–H and O–H groups in total. The van der Waals surface area contributed by atoms with E-state index < -0.39 is 32.6 Å². The zero-order chi connectivity index (χ0) is 18.0. The van der Waals surface area contributed by atoms with Gasteiger partial charge in [0.15, 0.2) is 0 Å². The normalized spacial score (nSPS) is 24.4. The minimum atomic E-state index is -4.98. The van der Waals surface area contributed by atoms with Crippen molar-refractivity contribution in [2.24, 2.45) is 11.7 Å². The van der Waals surface area contributed by atoms with Crippen molar-refractivity contribution >= 4 is 22.4 Å². The van der Waals surface area contributed by atoms with Crippen LogP contribution in [-0.2, 0) is 10.0 Å². The third-order valence-corrected chi connectivity index (χ3v) is 6.11. The van der Waals surface area contributed by atoms with Crippen molar-refractivity contribution in [2.75, 3.05) is 6.54 Å². The van der Waals surface area contributed by atoms with E-state index in [1.165, 1.54) is 12.1 Å². The fraction of sp³-hybridized carbons (Fsp3) is 0.600. The Morgan fingerprint density at radius 2 is 1.96 bits per heavy atom. The van der Waals surface area contributed by atoms with E-state index in [-0.39, 0.29) is 24.9 Å². The van der Waals surface area contributed by atoms with Crippen LogP contribution in [0, 0.1) is 5.92 Å². The van der Waals surface area contributed by atoms with Crippen LogP contribution >= 0.6 is 12.4 Å². The first-order valence-electron chi connectivity index (χ1n) is 7.68. The van der Waals surface area contributed by atoms with Crippen LogP contribution in [0.4, 0.5) is 13.2 Å². The first kappa shape index (κ1) is 22.0. The highest BCUT2D eigenvalue weighted by Crippen LogP contribution is 2.36. The number of rotatable bonds is 5. The molecule has 0 spiro atoms. The summed E-state index contributed by atoms with van der Waals surface area (Å²) in [5.74, 6) is -0.769. The van der Waals surface area contributed by atoms with Gasteiger partial charge in [0, 0.05) is 12.1 Å². The summed E-state index contributed by atoms with van der Waals surface area (Å²) >= 11 is 0. The summed E-state index contributed by atoms with van der Waals surface area (Å²) in [5, 5.41) is 0. The number of alkyl halides is 3. The summed E-state index contributed by atoms with van der Waals surface area (Å²) in [6.45, 7) is 1.97. The third-order valence-electron chi connectivity index (χ3n) is 4.52. The first-order chi connectivity index (χ1) is 11.1. The van der Waals surface area contributed by atoms with Gasteiger partial charge in [0.2, 0.25) is 10.0 Å². The molecule has 144 valence electrons. The van der Waals surface area contributed by atoms with Crippen molar-refractivity contribution in [1.29, 1.82) is 0 Å². The molecule has 5 nitrogen and oxygen atoms in total. The topological polar surface area (TPSA) is 81.4 Å². The van der Waals surface area contributed by atoms with E-state index in [1.807, 2.05) is 6.92 Å². The second kappa shape index (κ2) is 8.11. The minimum absolute atomic E-state index is 0. The monoisotopic (exact) mass is 402 g/mol. The van der Waals surface area contributed by atoms with E-state index in [0.29, 0.717) is 6.42 Å². The standard InChI is InChI=1S/C15H21F3N2O3S.ClH/c1-11-6-4-5-9-14(11,10-19)20-24(21,22)13-8-3-2-7-12(13)23-15(16,17)18;/h2-3,7-8,11,20H,4-6,9-10,19H2,1H3;1H. The number of halogens is 4. The summed E-state index contributed by atoms with van der Waals surface area (Å²) in [7, 11) is -4.22. The Labute approximate surface area is 151 Å². The molecule has 1 aromatic rings. The lowest BCUT2D eigenvalue weighted by Gasteiger charge is -2.42. The van der Waals surface area contributed by atoms with Crippen molar-refractivity contribution in [2.45, 2.75) is 49.4 Å². The van der Waals surface area contributed by atoms with Gasteiger partial charge >= 0.3 is 6.36 Å². The van der Waals surface area contributed by atoms with E-state index in [4.69, 9.17) is 5.73 Å². The molecule has 0 radical (unpaired) electrons. The van der Waals surface area contributed by atoms with Gasteiger partial charge in [-0.1, -0.05) is 31.9 Å². The summed E-state index contributed by atoms with van der Waals surface area (Å²) in [4.78, 5) is -0.548. The molecule has 25 heavy (non-hydrogen) atoms. The second-order valence-corrected chi connectivity index (χ2v) is 7.76. The molecule has 0 aliphatic heterocycles. The zero-order valence-corrected chi connectivity index (χ0v) is 15.3. The first-order valence-corrected chi connectivity index (χ1v) is 9.17. The van der Waals surface area contributed by atoms with Gasteiger partial charge < -0.3 is 10.5 Å². The quantitative estimate of drug-likeness (QED) is 0.792. The average molecular weight is 403 g/mol. The van der Waals surface area contributed by atoms with Gasteiger partial charge in [0.25, 0.3) is 0 Å². The summed E-state index contributed by atoms with van der Waals surface area (Å²) in [5.41, 5.74) is 4.96. The fourth-order valence-corrected chi connectivity index (χ4v) is 4.78. The van der Waals surface area contributed by atoms with E-state index in [2.05, 4.69) is 9.46 Å². The number of nitrogens with one attached hydrogen (secondary N) is 1. The fourth-order valence-electron chi connectivity index (χ4n) is 3.11. The lowest BCUT2D eigenvalue weighted by Crippen LogP contribution is -2.58. The molecule has 1 aromatic carbocycles. The molecule has 2 rings (SSSR count). The molecule has 2 unspecified atom stereocenters. The van der Waals surface area contributed by atoms with Crippen LogP contribution in [0.1, 0.15) is 32.6 Å². The SMILES string of the molecule is CC1CCCCC1(CN)NS(=O)(=O)c1ccccc1OC(F)(F)F.Cl. The molecule has 0 aromatic heterocycles. The van der Waals surface area contributed by atoms with Crippen LogP contribution in [0.5, 0.6) is 5.75 Å². The third kappa shape index (κ3) is 5.22.